The molecule has 24 heavy (non-hydrogen) atoms. The minimum Gasteiger partial charge on any atom is -0.469 e. The molecular weight excluding hydrogens is 330 g/mol. The van der Waals surface area contributed by atoms with Crippen LogP contribution in [0.3, 0.4) is 0 Å². The molecule has 0 spiro atoms. The number of hydrogen-bond donors (Lipinski definition) is 2. The SMILES string of the molecule is C[C@@H](Cc1ccco1)NC(=O)CN=C1NS(=O)(=O)c2ccccc21. The summed E-state index contributed by atoms with van der Waals surface area (Å²) in [5.41, 5.74) is 0.480. The van der Waals surface area contributed by atoms with E-state index >= 15 is 0 Å². The Morgan fingerprint density at radius 1 is 1.29 bits per heavy atom. The van der Waals surface area contributed by atoms with Gasteiger partial charge in [0, 0.05) is 18.0 Å². The van der Waals surface area contributed by atoms with Crippen LogP contribution in [0.1, 0.15) is 18.2 Å². The highest BCUT2D eigenvalue weighted by Gasteiger charge is 2.30. The lowest BCUT2D eigenvalue weighted by atomic mass is 10.2. The average molecular weight is 347 g/mol. The van der Waals surface area contributed by atoms with Crippen molar-refractivity contribution < 1.29 is 17.6 Å². The molecule has 7 nitrogen and oxygen atoms in total. The number of benzene rings is 1. The molecule has 1 aliphatic heterocycles. The van der Waals surface area contributed by atoms with Crippen molar-refractivity contribution in [1.29, 1.82) is 0 Å². The number of carbonyl (C=O) groups is 1. The highest BCUT2D eigenvalue weighted by molar-refractivity contribution is 7.90. The van der Waals surface area contributed by atoms with E-state index < -0.39 is 10.0 Å². The molecule has 0 unspecified atom stereocenters. The summed E-state index contributed by atoms with van der Waals surface area (Å²) in [6.45, 7) is 1.70. The van der Waals surface area contributed by atoms with E-state index in [0.29, 0.717) is 12.0 Å². The first-order valence-corrected chi connectivity index (χ1v) is 8.92. The van der Waals surface area contributed by atoms with Gasteiger partial charge in [-0.3, -0.25) is 14.5 Å². The van der Waals surface area contributed by atoms with Gasteiger partial charge in [-0.05, 0) is 31.2 Å². The van der Waals surface area contributed by atoms with Crippen LogP contribution in [-0.2, 0) is 21.2 Å². The Morgan fingerprint density at radius 3 is 2.83 bits per heavy atom. The molecule has 0 saturated heterocycles. The molecule has 8 heteroatoms. The Labute approximate surface area is 139 Å². The van der Waals surface area contributed by atoms with Gasteiger partial charge in [0.1, 0.15) is 18.1 Å². The Kier molecular flexibility index (Phi) is 4.39. The fourth-order valence-corrected chi connectivity index (χ4v) is 3.76. The van der Waals surface area contributed by atoms with Crippen molar-refractivity contribution in [2.75, 3.05) is 6.54 Å². The van der Waals surface area contributed by atoms with E-state index in [9.17, 15) is 13.2 Å². The molecule has 1 aromatic heterocycles. The number of fused-ring (bicyclic) bond motifs is 1. The van der Waals surface area contributed by atoms with Crippen molar-refractivity contribution in [2.45, 2.75) is 24.3 Å². The summed E-state index contributed by atoms with van der Waals surface area (Å²) in [4.78, 5) is 16.3. The highest BCUT2D eigenvalue weighted by Crippen LogP contribution is 2.21. The number of sulfonamides is 1. The number of nitrogens with one attached hydrogen (secondary N) is 2. The molecular formula is C16H17N3O4S. The fraction of sp³-hybridized carbons (Fsp3) is 0.250. The van der Waals surface area contributed by atoms with E-state index in [0.717, 1.165) is 5.76 Å². The Morgan fingerprint density at radius 2 is 2.08 bits per heavy atom. The number of hydrogen-bond acceptors (Lipinski definition) is 5. The number of rotatable bonds is 5. The van der Waals surface area contributed by atoms with Crippen LogP contribution in [0.4, 0.5) is 0 Å². The summed E-state index contributed by atoms with van der Waals surface area (Å²) in [6, 6.07) is 10.0. The molecule has 0 fully saturated rings. The van der Waals surface area contributed by atoms with E-state index in [1.807, 2.05) is 13.0 Å². The molecule has 0 radical (unpaired) electrons. The number of furan rings is 1. The molecule has 2 aromatic rings. The normalized spacial score (nSPS) is 18.0. The van der Waals surface area contributed by atoms with Gasteiger partial charge in [0.2, 0.25) is 5.91 Å². The van der Waals surface area contributed by atoms with E-state index in [1.165, 1.54) is 6.07 Å². The van der Waals surface area contributed by atoms with Gasteiger partial charge in [-0.25, -0.2) is 8.42 Å². The van der Waals surface area contributed by atoms with Gasteiger partial charge in [-0.2, -0.15) is 0 Å². The summed E-state index contributed by atoms with van der Waals surface area (Å²) in [7, 11) is -3.58. The number of carbonyl (C=O) groups excluding carboxylic acids is 1. The largest absolute Gasteiger partial charge is 0.469 e. The maximum Gasteiger partial charge on any atom is 0.263 e. The van der Waals surface area contributed by atoms with Crippen molar-refractivity contribution in [3.8, 4) is 0 Å². The van der Waals surface area contributed by atoms with Gasteiger partial charge in [0.05, 0.1) is 11.2 Å². The lowest BCUT2D eigenvalue weighted by Crippen LogP contribution is -2.36. The van der Waals surface area contributed by atoms with Crippen LogP contribution in [0.15, 0.2) is 57.0 Å². The number of aliphatic imine (C=N–C) groups is 1. The minimum atomic E-state index is -3.58. The maximum atomic E-state index is 12.0. The first kappa shape index (κ1) is 16.3. The smallest absolute Gasteiger partial charge is 0.263 e. The van der Waals surface area contributed by atoms with Crippen LogP contribution in [0, 0.1) is 0 Å². The Hall–Kier alpha value is -2.61. The second kappa shape index (κ2) is 6.48. The van der Waals surface area contributed by atoms with Crippen molar-refractivity contribution in [3.05, 3.63) is 54.0 Å². The second-order valence-electron chi connectivity index (χ2n) is 5.52. The van der Waals surface area contributed by atoms with Crippen LogP contribution >= 0.6 is 0 Å². The third-order valence-corrected chi connectivity index (χ3v) is 4.94. The van der Waals surface area contributed by atoms with Crippen molar-refractivity contribution in [3.63, 3.8) is 0 Å². The lowest BCUT2D eigenvalue weighted by Gasteiger charge is -2.11. The van der Waals surface area contributed by atoms with Crippen LogP contribution in [0.2, 0.25) is 0 Å². The molecule has 3 rings (SSSR count). The lowest BCUT2D eigenvalue weighted by molar-refractivity contribution is -0.120. The van der Waals surface area contributed by atoms with Gasteiger partial charge in [0.25, 0.3) is 10.0 Å². The zero-order valence-corrected chi connectivity index (χ0v) is 13.8. The summed E-state index contributed by atoms with van der Waals surface area (Å²) in [5.74, 6) is 0.691. The number of nitrogens with zero attached hydrogens (tertiary/aromatic N) is 1. The first-order valence-electron chi connectivity index (χ1n) is 7.44. The molecule has 2 N–H and O–H groups in total. The Bertz CT molecular complexity index is 872. The first-order chi connectivity index (χ1) is 11.5. The van der Waals surface area contributed by atoms with Gasteiger partial charge >= 0.3 is 0 Å². The van der Waals surface area contributed by atoms with Gasteiger partial charge in [-0.15, -0.1) is 0 Å². The van der Waals surface area contributed by atoms with Crippen LogP contribution in [0.25, 0.3) is 0 Å². The molecule has 0 aliphatic carbocycles. The minimum absolute atomic E-state index is 0.114. The van der Waals surface area contributed by atoms with Crippen molar-refractivity contribution in [1.82, 2.24) is 10.0 Å². The molecule has 2 heterocycles. The predicted molar refractivity (Wildman–Crippen MR) is 88.2 cm³/mol. The van der Waals surface area contributed by atoms with Gasteiger partial charge in [0.15, 0.2) is 0 Å². The molecule has 0 bridgehead atoms. The highest BCUT2D eigenvalue weighted by atomic mass is 32.2. The maximum absolute atomic E-state index is 12.0. The zero-order chi connectivity index (χ0) is 17.2. The molecule has 1 aromatic carbocycles. The quantitative estimate of drug-likeness (QED) is 0.845. The standard InChI is InChI=1S/C16H17N3O4S/c1-11(9-12-5-4-8-23-12)18-15(20)10-17-16-13-6-2-3-7-14(13)24(21,22)19-16/h2-8,11H,9-10H2,1H3,(H,17,19)(H,18,20)/t11-/m0/s1. The molecule has 1 amide bonds. The summed E-state index contributed by atoms with van der Waals surface area (Å²) < 4.78 is 31.5. The van der Waals surface area contributed by atoms with Crippen molar-refractivity contribution in [2.24, 2.45) is 4.99 Å². The molecule has 1 atom stereocenters. The fourth-order valence-electron chi connectivity index (χ4n) is 2.50. The van der Waals surface area contributed by atoms with Crippen LogP contribution < -0.4 is 10.0 Å². The predicted octanol–water partition coefficient (Wildman–Crippen LogP) is 1.07. The third kappa shape index (κ3) is 3.48. The summed E-state index contributed by atoms with van der Waals surface area (Å²) in [6.07, 6.45) is 2.16. The summed E-state index contributed by atoms with van der Waals surface area (Å²) in [5, 5.41) is 2.80. The van der Waals surface area contributed by atoms with Gasteiger partial charge in [-0.1, -0.05) is 12.1 Å². The number of amidine groups is 1. The van der Waals surface area contributed by atoms with E-state index in [2.05, 4.69) is 15.0 Å². The molecule has 0 saturated carbocycles. The Balaban J connectivity index is 1.63. The second-order valence-corrected chi connectivity index (χ2v) is 7.17. The summed E-state index contributed by atoms with van der Waals surface area (Å²) >= 11 is 0. The van der Waals surface area contributed by atoms with Crippen molar-refractivity contribution >= 4 is 21.8 Å². The van der Waals surface area contributed by atoms with Gasteiger partial charge < -0.3 is 9.73 Å². The monoisotopic (exact) mass is 347 g/mol. The molecule has 1 aliphatic rings. The van der Waals surface area contributed by atoms with E-state index in [4.69, 9.17) is 4.42 Å². The van der Waals surface area contributed by atoms with E-state index in [-0.39, 0.29) is 29.2 Å². The number of amides is 1. The van der Waals surface area contributed by atoms with Crippen LogP contribution in [0.5, 0.6) is 0 Å². The topological polar surface area (TPSA) is 101 Å². The average Bonchev–Trinajstić information content (AvgIpc) is 3.12. The van der Waals surface area contributed by atoms with Crippen LogP contribution in [-0.4, -0.2) is 32.7 Å². The zero-order valence-electron chi connectivity index (χ0n) is 13.0. The third-order valence-electron chi connectivity index (χ3n) is 3.54. The molecule has 126 valence electrons. The van der Waals surface area contributed by atoms with E-state index in [1.54, 1.807) is 30.5 Å².